The van der Waals surface area contributed by atoms with Crippen LogP contribution in [0.4, 0.5) is 5.69 Å². The van der Waals surface area contributed by atoms with Gasteiger partial charge in [0.15, 0.2) is 23.9 Å². The largest absolute Gasteiger partial charge is 0.493 e. The van der Waals surface area contributed by atoms with Crippen molar-refractivity contribution in [2.75, 3.05) is 13.7 Å². The Balaban J connectivity index is 1.56. The molecule has 1 heterocycles. The molecule has 2 aromatic carbocycles. The summed E-state index contributed by atoms with van der Waals surface area (Å²) in [6.07, 6.45) is 2.69. The summed E-state index contributed by atoms with van der Waals surface area (Å²) in [6.45, 7) is -0.465. The van der Waals surface area contributed by atoms with Gasteiger partial charge in [0.25, 0.3) is 5.91 Å². The summed E-state index contributed by atoms with van der Waals surface area (Å²) < 4.78 is 20.6. The Labute approximate surface area is 181 Å². The summed E-state index contributed by atoms with van der Waals surface area (Å²) in [5.41, 5.74) is 2.54. The summed E-state index contributed by atoms with van der Waals surface area (Å²) >= 11 is 0. The number of hydrogen-bond acceptors (Lipinski definition) is 9. The zero-order chi connectivity index (χ0) is 22.9. The highest BCUT2D eigenvalue weighted by atomic mass is 16.6. The third-order valence-corrected chi connectivity index (χ3v) is 3.94. The molecule has 164 valence electrons. The van der Waals surface area contributed by atoms with Gasteiger partial charge in [0.1, 0.15) is 0 Å². The molecule has 1 N–H and O–H groups in total. The number of hydrazone groups is 1. The molecule has 3 rings (SSSR count). The average Bonchev–Trinajstić information content (AvgIpc) is 3.34. The highest BCUT2D eigenvalue weighted by Gasteiger charge is 2.16. The molecule has 1 aromatic heterocycles. The predicted octanol–water partition coefficient (Wildman–Crippen LogP) is 2.94. The minimum Gasteiger partial charge on any atom is -0.493 e. The maximum absolute atomic E-state index is 12.0. The maximum Gasteiger partial charge on any atom is 0.379 e. The summed E-state index contributed by atoms with van der Waals surface area (Å²) in [5.74, 6) is -0.839. The zero-order valence-electron chi connectivity index (χ0n) is 16.7. The van der Waals surface area contributed by atoms with E-state index in [1.165, 1.54) is 49.9 Å². The van der Waals surface area contributed by atoms with Crippen molar-refractivity contribution in [3.63, 3.8) is 0 Å². The van der Waals surface area contributed by atoms with Crippen LogP contribution < -0.4 is 19.6 Å². The van der Waals surface area contributed by atoms with Gasteiger partial charge in [0, 0.05) is 6.07 Å². The third-order valence-electron chi connectivity index (χ3n) is 3.94. The van der Waals surface area contributed by atoms with Gasteiger partial charge < -0.3 is 18.6 Å². The molecule has 0 aliphatic carbocycles. The quantitative estimate of drug-likeness (QED) is 0.176. The van der Waals surface area contributed by atoms with Crippen LogP contribution in [0.3, 0.4) is 0 Å². The summed E-state index contributed by atoms with van der Waals surface area (Å²) in [7, 11) is 1.41. The minimum atomic E-state index is -0.680. The number of nitrogens with zero attached hydrogens (tertiary/aromatic N) is 2. The minimum absolute atomic E-state index is 0.0268. The summed E-state index contributed by atoms with van der Waals surface area (Å²) in [5, 5.41) is 14.8. The molecule has 0 saturated heterocycles. The fourth-order valence-corrected chi connectivity index (χ4v) is 2.48. The van der Waals surface area contributed by atoms with E-state index in [2.05, 4.69) is 10.5 Å². The Hall–Kier alpha value is -4.67. The number of amides is 1. The number of furan rings is 1. The van der Waals surface area contributed by atoms with Crippen LogP contribution in [0.2, 0.25) is 0 Å². The van der Waals surface area contributed by atoms with E-state index >= 15 is 0 Å². The van der Waals surface area contributed by atoms with Crippen LogP contribution in [0.15, 0.2) is 70.4 Å². The molecule has 0 unspecified atom stereocenters. The second-order valence-electron chi connectivity index (χ2n) is 6.08. The number of ether oxygens (including phenoxy) is 3. The van der Waals surface area contributed by atoms with Crippen molar-refractivity contribution in [3.05, 3.63) is 82.3 Å². The molecule has 0 bridgehead atoms. The molecule has 0 aliphatic rings. The van der Waals surface area contributed by atoms with Crippen LogP contribution >= 0.6 is 0 Å². The van der Waals surface area contributed by atoms with E-state index in [9.17, 15) is 19.7 Å². The Morgan fingerprint density at radius 2 is 1.94 bits per heavy atom. The lowest BCUT2D eigenvalue weighted by Crippen LogP contribution is -2.24. The number of rotatable bonds is 9. The van der Waals surface area contributed by atoms with E-state index in [0.717, 1.165) is 0 Å². The Bertz CT molecular complexity index is 1140. The van der Waals surface area contributed by atoms with Crippen molar-refractivity contribution in [1.82, 2.24) is 5.43 Å². The number of nitro groups is 1. The first kappa shape index (κ1) is 22.0. The van der Waals surface area contributed by atoms with Gasteiger partial charge in [0.05, 0.1) is 24.5 Å². The lowest BCUT2D eigenvalue weighted by molar-refractivity contribution is -0.385. The van der Waals surface area contributed by atoms with Crippen LogP contribution in [-0.2, 0) is 4.79 Å². The fraction of sp³-hybridized carbons (Fsp3) is 0.0952. The van der Waals surface area contributed by atoms with Crippen molar-refractivity contribution >= 4 is 23.8 Å². The molecule has 0 aliphatic heterocycles. The molecule has 11 nitrogen and oxygen atoms in total. The topological polar surface area (TPSA) is 142 Å². The highest BCUT2D eigenvalue weighted by Crippen LogP contribution is 2.28. The molecule has 3 aromatic rings. The van der Waals surface area contributed by atoms with Crippen LogP contribution in [0, 0.1) is 10.1 Å². The predicted molar refractivity (Wildman–Crippen MR) is 111 cm³/mol. The second kappa shape index (κ2) is 10.4. The van der Waals surface area contributed by atoms with E-state index in [1.807, 2.05) is 0 Å². The normalized spacial score (nSPS) is 10.5. The van der Waals surface area contributed by atoms with Crippen LogP contribution in [-0.4, -0.2) is 36.7 Å². The van der Waals surface area contributed by atoms with E-state index in [0.29, 0.717) is 5.56 Å². The van der Waals surface area contributed by atoms with Gasteiger partial charge in [-0.2, -0.15) is 5.10 Å². The van der Waals surface area contributed by atoms with Crippen molar-refractivity contribution in [2.24, 2.45) is 5.10 Å². The lowest BCUT2D eigenvalue weighted by atomic mass is 10.2. The number of carbonyl (C=O) groups excluding carboxylic acids is 2. The number of carbonyl (C=O) groups is 2. The molecule has 0 fully saturated rings. The summed E-state index contributed by atoms with van der Waals surface area (Å²) in [4.78, 5) is 34.2. The summed E-state index contributed by atoms with van der Waals surface area (Å²) in [6, 6.07) is 13.4. The number of hydrogen-bond donors (Lipinski definition) is 1. The number of esters is 1. The van der Waals surface area contributed by atoms with Gasteiger partial charge in [-0.05, 0) is 42.0 Å². The first-order chi connectivity index (χ1) is 15.5. The van der Waals surface area contributed by atoms with Crippen LogP contribution in [0.1, 0.15) is 16.1 Å². The number of nitro benzene ring substituents is 1. The molecule has 0 saturated carbocycles. The monoisotopic (exact) mass is 439 g/mol. The SMILES string of the molecule is COc1cc(C=NNC(=O)COc2ccccc2[N+](=O)[O-])ccc1OC(=O)c1ccco1. The third kappa shape index (κ3) is 5.69. The second-order valence-corrected chi connectivity index (χ2v) is 6.08. The first-order valence-corrected chi connectivity index (χ1v) is 9.10. The van der Waals surface area contributed by atoms with E-state index in [4.69, 9.17) is 18.6 Å². The number of methoxy groups -OCH3 is 1. The Kier molecular flexibility index (Phi) is 7.15. The molecule has 0 atom stereocenters. The number of benzene rings is 2. The van der Waals surface area contributed by atoms with Crippen LogP contribution in [0.5, 0.6) is 17.2 Å². The number of nitrogens with one attached hydrogen (secondary N) is 1. The van der Waals surface area contributed by atoms with Crippen molar-refractivity contribution in [1.29, 1.82) is 0 Å². The van der Waals surface area contributed by atoms with E-state index in [1.54, 1.807) is 24.3 Å². The fourth-order valence-electron chi connectivity index (χ4n) is 2.48. The smallest absolute Gasteiger partial charge is 0.379 e. The van der Waals surface area contributed by atoms with Crippen molar-refractivity contribution < 1.29 is 33.1 Å². The van der Waals surface area contributed by atoms with E-state index in [-0.39, 0.29) is 28.7 Å². The molecule has 0 spiro atoms. The highest BCUT2D eigenvalue weighted by molar-refractivity contribution is 5.89. The van der Waals surface area contributed by atoms with Crippen molar-refractivity contribution in [2.45, 2.75) is 0 Å². The van der Waals surface area contributed by atoms with Gasteiger partial charge in [-0.25, -0.2) is 10.2 Å². The van der Waals surface area contributed by atoms with Gasteiger partial charge in [-0.15, -0.1) is 0 Å². The first-order valence-electron chi connectivity index (χ1n) is 9.10. The Morgan fingerprint density at radius 3 is 2.66 bits per heavy atom. The van der Waals surface area contributed by atoms with Gasteiger partial charge in [-0.1, -0.05) is 12.1 Å². The standard InChI is InChI=1S/C21H17N3O8/c1-29-19-11-14(8-9-17(19)32-21(26)18-7-4-10-30-18)12-22-23-20(25)13-31-16-6-3-2-5-15(16)24(27)28/h2-12H,13H2,1H3,(H,23,25). The van der Waals surface area contributed by atoms with Gasteiger partial charge in [0.2, 0.25) is 5.76 Å². The van der Waals surface area contributed by atoms with E-state index < -0.39 is 23.4 Å². The van der Waals surface area contributed by atoms with Crippen molar-refractivity contribution in [3.8, 4) is 17.2 Å². The number of para-hydroxylation sites is 2. The lowest BCUT2D eigenvalue weighted by Gasteiger charge is -2.09. The Morgan fingerprint density at radius 1 is 1.12 bits per heavy atom. The van der Waals surface area contributed by atoms with Gasteiger partial charge in [-0.3, -0.25) is 14.9 Å². The maximum atomic E-state index is 12.0. The zero-order valence-corrected chi connectivity index (χ0v) is 16.7. The van der Waals surface area contributed by atoms with Crippen LogP contribution in [0.25, 0.3) is 0 Å². The molecule has 11 heteroatoms. The molecule has 0 radical (unpaired) electrons. The molecule has 1 amide bonds. The van der Waals surface area contributed by atoms with Gasteiger partial charge >= 0.3 is 11.7 Å². The molecule has 32 heavy (non-hydrogen) atoms. The molecular weight excluding hydrogens is 422 g/mol. The average molecular weight is 439 g/mol. The molecular formula is C21H17N3O8.